The predicted molar refractivity (Wildman–Crippen MR) is 89.5 cm³/mol. The van der Waals surface area contributed by atoms with Crippen molar-refractivity contribution in [2.24, 2.45) is 0 Å². The largest absolute Gasteiger partial charge is 0.497 e. The highest BCUT2D eigenvalue weighted by Crippen LogP contribution is 2.36. The molecule has 0 unspecified atom stereocenters. The first-order chi connectivity index (χ1) is 11.7. The van der Waals surface area contributed by atoms with Crippen molar-refractivity contribution in [2.45, 2.75) is 6.42 Å². The normalized spacial score (nSPS) is 12.9. The van der Waals surface area contributed by atoms with Crippen LogP contribution in [0.15, 0.2) is 36.4 Å². The van der Waals surface area contributed by atoms with Gasteiger partial charge in [-0.05, 0) is 24.3 Å². The lowest BCUT2D eigenvalue weighted by Gasteiger charge is -2.14. The molecule has 126 valence electrons. The number of nitrogens with one attached hydrogen (secondary N) is 1. The molecular weight excluding hydrogens is 310 g/mol. The van der Waals surface area contributed by atoms with Crippen molar-refractivity contribution in [3.05, 3.63) is 42.0 Å². The number of carbonyl (C=O) groups is 1. The molecule has 0 radical (unpaired) electrons. The average Bonchev–Trinajstić information content (AvgIpc) is 2.85. The van der Waals surface area contributed by atoms with Gasteiger partial charge in [-0.25, -0.2) is 0 Å². The summed E-state index contributed by atoms with van der Waals surface area (Å²) in [6.45, 7) is 1.13. The van der Waals surface area contributed by atoms with E-state index in [1.165, 1.54) is 7.11 Å². The molecule has 1 heterocycles. The Morgan fingerprint density at radius 2 is 1.67 bits per heavy atom. The number of ether oxygens (including phenoxy) is 4. The molecule has 0 atom stereocenters. The molecule has 0 spiro atoms. The molecule has 3 rings (SSSR count). The Morgan fingerprint density at radius 1 is 1.00 bits per heavy atom. The molecule has 1 aliphatic heterocycles. The van der Waals surface area contributed by atoms with Gasteiger partial charge >= 0.3 is 0 Å². The molecule has 2 aromatic carbocycles. The minimum Gasteiger partial charge on any atom is -0.497 e. The van der Waals surface area contributed by atoms with Gasteiger partial charge in [0, 0.05) is 24.2 Å². The monoisotopic (exact) mass is 329 g/mol. The van der Waals surface area contributed by atoms with E-state index in [-0.39, 0.29) is 5.91 Å². The lowest BCUT2D eigenvalue weighted by Crippen LogP contribution is -2.13. The Bertz CT molecular complexity index is 727. The van der Waals surface area contributed by atoms with Crippen molar-refractivity contribution in [1.29, 1.82) is 0 Å². The lowest BCUT2D eigenvalue weighted by molar-refractivity contribution is 0.102. The molecule has 1 amide bonds. The molecule has 1 N–H and O–H groups in total. The van der Waals surface area contributed by atoms with Crippen LogP contribution in [0.3, 0.4) is 0 Å². The van der Waals surface area contributed by atoms with Crippen molar-refractivity contribution in [1.82, 2.24) is 0 Å². The maximum atomic E-state index is 12.6. The number of hydrogen-bond donors (Lipinski definition) is 1. The van der Waals surface area contributed by atoms with E-state index in [0.717, 1.165) is 12.2 Å². The molecule has 0 aromatic heterocycles. The third-order valence-corrected chi connectivity index (χ3v) is 3.66. The second-order valence-electron chi connectivity index (χ2n) is 5.23. The van der Waals surface area contributed by atoms with Gasteiger partial charge in [-0.3, -0.25) is 4.79 Å². The van der Waals surface area contributed by atoms with Gasteiger partial charge in [0.1, 0.15) is 11.5 Å². The van der Waals surface area contributed by atoms with Crippen LogP contribution in [0.4, 0.5) is 5.69 Å². The summed E-state index contributed by atoms with van der Waals surface area (Å²) in [5, 5.41) is 2.84. The molecule has 24 heavy (non-hydrogen) atoms. The number of carbonyl (C=O) groups excluding carboxylic acids is 1. The fraction of sp³-hybridized carbons (Fsp3) is 0.278. The highest BCUT2D eigenvalue weighted by molar-refractivity contribution is 6.06. The fourth-order valence-electron chi connectivity index (χ4n) is 2.41. The minimum absolute atomic E-state index is 0.285. The van der Waals surface area contributed by atoms with E-state index in [1.54, 1.807) is 43.5 Å². The van der Waals surface area contributed by atoms with Crippen LogP contribution in [0.5, 0.6) is 23.0 Å². The first kappa shape index (κ1) is 16.0. The van der Waals surface area contributed by atoms with E-state index in [1.807, 2.05) is 0 Å². The average molecular weight is 329 g/mol. The van der Waals surface area contributed by atoms with Crippen LogP contribution in [0.25, 0.3) is 0 Å². The summed E-state index contributed by atoms with van der Waals surface area (Å²) in [5.74, 6) is 2.01. The second kappa shape index (κ2) is 7.12. The Kier molecular flexibility index (Phi) is 4.74. The highest BCUT2D eigenvalue weighted by atomic mass is 16.5. The van der Waals surface area contributed by atoms with Crippen molar-refractivity contribution in [3.63, 3.8) is 0 Å². The van der Waals surface area contributed by atoms with Gasteiger partial charge in [0.25, 0.3) is 5.91 Å². The highest BCUT2D eigenvalue weighted by Gasteiger charge is 2.20. The van der Waals surface area contributed by atoms with Crippen LogP contribution in [-0.4, -0.2) is 33.3 Å². The standard InChI is InChI=1S/C18H19NO5/c1-21-13-6-4-12(5-7-13)19-18(20)14-10-16-17(11-15(14)22-2)24-9-3-8-23-16/h4-7,10-11H,3,8-9H2,1-2H3,(H,19,20). The number of amides is 1. The predicted octanol–water partition coefficient (Wildman–Crippen LogP) is 3.12. The van der Waals surface area contributed by atoms with Gasteiger partial charge in [0.05, 0.1) is 33.0 Å². The number of hydrogen-bond acceptors (Lipinski definition) is 5. The first-order valence-electron chi connectivity index (χ1n) is 7.64. The molecule has 0 bridgehead atoms. The quantitative estimate of drug-likeness (QED) is 0.933. The van der Waals surface area contributed by atoms with Crippen molar-refractivity contribution in [3.8, 4) is 23.0 Å². The van der Waals surface area contributed by atoms with E-state index in [4.69, 9.17) is 18.9 Å². The van der Waals surface area contributed by atoms with Crippen LogP contribution in [-0.2, 0) is 0 Å². The van der Waals surface area contributed by atoms with Gasteiger partial charge < -0.3 is 24.3 Å². The Morgan fingerprint density at radius 3 is 2.29 bits per heavy atom. The summed E-state index contributed by atoms with van der Waals surface area (Å²) >= 11 is 0. The Hall–Kier alpha value is -2.89. The summed E-state index contributed by atoms with van der Waals surface area (Å²) < 4.78 is 21.7. The number of methoxy groups -OCH3 is 2. The molecular formula is C18H19NO5. The molecule has 0 fully saturated rings. The lowest BCUT2D eigenvalue weighted by atomic mass is 10.1. The number of fused-ring (bicyclic) bond motifs is 1. The number of anilines is 1. The zero-order valence-corrected chi connectivity index (χ0v) is 13.6. The number of rotatable bonds is 4. The van der Waals surface area contributed by atoms with E-state index in [0.29, 0.717) is 41.7 Å². The van der Waals surface area contributed by atoms with Gasteiger partial charge in [0.2, 0.25) is 0 Å². The third kappa shape index (κ3) is 3.37. The third-order valence-electron chi connectivity index (χ3n) is 3.66. The van der Waals surface area contributed by atoms with Crippen LogP contribution < -0.4 is 24.3 Å². The van der Waals surface area contributed by atoms with Crippen LogP contribution in [0.1, 0.15) is 16.8 Å². The van der Waals surface area contributed by atoms with Crippen LogP contribution in [0.2, 0.25) is 0 Å². The molecule has 0 saturated carbocycles. The zero-order valence-electron chi connectivity index (χ0n) is 13.6. The van der Waals surface area contributed by atoms with E-state index in [2.05, 4.69) is 5.32 Å². The maximum absolute atomic E-state index is 12.6. The van der Waals surface area contributed by atoms with Gasteiger partial charge in [-0.2, -0.15) is 0 Å². The van der Waals surface area contributed by atoms with E-state index in [9.17, 15) is 4.79 Å². The van der Waals surface area contributed by atoms with Crippen LogP contribution in [0, 0.1) is 0 Å². The van der Waals surface area contributed by atoms with E-state index < -0.39 is 0 Å². The van der Waals surface area contributed by atoms with Crippen LogP contribution >= 0.6 is 0 Å². The Labute approximate surface area is 140 Å². The molecule has 0 aliphatic carbocycles. The SMILES string of the molecule is COc1ccc(NC(=O)c2cc3c(cc2OC)OCCCO3)cc1. The summed E-state index contributed by atoms with van der Waals surface area (Å²) in [4.78, 5) is 12.6. The van der Waals surface area contributed by atoms with Crippen molar-refractivity contribution < 1.29 is 23.7 Å². The van der Waals surface area contributed by atoms with Gasteiger partial charge in [0.15, 0.2) is 11.5 Å². The number of benzene rings is 2. The fourth-order valence-corrected chi connectivity index (χ4v) is 2.41. The first-order valence-corrected chi connectivity index (χ1v) is 7.64. The molecule has 1 aliphatic rings. The molecule has 6 nitrogen and oxygen atoms in total. The second-order valence-corrected chi connectivity index (χ2v) is 5.23. The Balaban J connectivity index is 1.86. The maximum Gasteiger partial charge on any atom is 0.259 e. The molecule has 2 aromatic rings. The van der Waals surface area contributed by atoms with Gasteiger partial charge in [-0.1, -0.05) is 0 Å². The van der Waals surface area contributed by atoms with Crippen molar-refractivity contribution >= 4 is 11.6 Å². The summed E-state index contributed by atoms with van der Waals surface area (Å²) in [6, 6.07) is 10.4. The van der Waals surface area contributed by atoms with Crippen molar-refractivity contribution in [2.75, 3.05) is 32.8 Å². The van der Waals surface area contributed by atoms with Gasteiger partial charge in [-0.15, -0.1) is 0 Å². The molecule has 6 heteroatoms. The summed E-state index contributed by atoms with van der Waals surface area (Å²) in [5.41, 5.74) is 1.05. The smallest absolute Gasteiger partial charge is 0.259 e. The zero-order chi connectivity index (χ0) is 16.9. The summed E-state index contributed by atoms with van der Waals surface area (Å²) in [7, 11) is 3.11. The topological polar surface area (TPSA) is 66.0 Å². The minimum atomic E-state index is -0.285. The van der Waals surface area contributed by atoms with E-state index >= 15 is 0 Å². The molecule has 0 saturated heterocycles. The summed E-state index contributed by atoms with van der Waals surface area (Å²) in [6.07, 6.45) is 0.796.